The first-order chi connectivity index (χ1) is 9.36. The van der Waals surface area contributed by atoms with Crippen molar-refractivity contribution < 1.29 is 27.8 Å². The largest absolute Gasteiger partial charge is 0.475 e. The first-order valence-electron chi connectivity index (χ1n) is 6.31. The topological polar surface area (TPSA) is 108 Å². The van der Waals surface area contributed by atoms with Crippen molar-refractivity contribution in [3.63, 3.8) is 0 Å². The van der Waals surface area contributed by atoms with Gasteiger partial charge in [-0.05, 0) is 25.7 Å². The number of aliphatic hydroxyl groups excluding tert-OH is 1. The number of carbonyl (C=O) groups is 1. The molecule has 0 radical (unpaired) electrons. The fourth-order valence-electron chi connectivity index (χ4n) is 2.40. The minimum Gasteiger partial charge on any atom is -0.475 e. The van der Waals surface area contributed by atoms with Crippen molar-refractivity contribution in [1.82, 2.24) is 4.31 Å². The minimum atomic E-state index is -3.74. The summed E-state index contributed by atoms with van der Waals surface area (Å²) >= 11 is 0. The van der Waals surface area contributed by atoms with Gasteiger partial charge in [-0.15, -0.1) is 0 Å². The van der Waals surface area contributed by atoms with Crippen molar-refractivity contribution in [1.29, 1.82) is 0 Å². The van der Waals surface area contributed by atoms with Crippen LogP contribution in [0.5, 0.6) is 0 Å². The summed E-state index contributed by atoms with van der Waals surface area (Å²) in [6.07, 6.45) is 1.26. The lowest BCUT2D eigenvalue weighted by molar-refractivity contribution is 0.0661. The highest BCUT2D eigenvalue weighted by molar-refractivity contribution is 7.89. The monoisotopic (exact) mass is 303 g/mol. The third kappa shape index (κ3) is 2.72. The van der Waals surface area contributed by atoms with E-state index in [0.29, 0.717) is 25.9 Å². The molecule has 7 nitrogen and oxygen atoms in total. The van der Waals surface area contributed by atoms with E-state index in [1.165, 1.54) is 11.2 Å². The van der Waals surface area contributed by atoms with Crippen molar-refractivity contribution in [2.24, 2.45) is 5.92 Å². The van der Waals surface area contributed by atoms with Gasteiger partial charge in [-0.25, -0.2) is 13.2 Å². The number of hydrogen-bond donors (Lipinski definition) is 2. The van der Waals surface area contributed by atoms with Gasteiger partial charge in [-0.3, -0.25) is 0 Å². The van der Waals surface area contributed by atoms with E-state index in [1.807, 2.05) is 0 Å². The van der Waals surface area contributed by atoms with E-state index >= 15 is 0 Å². The van der Waals surface area contributed by atoms with Crippen LogP contribution >= 0.6 is 0 Å². The Kier molecular flexibility index (Phi) is 4.17. The van der Waals surface area contributed by atoms with Crippen LogP contribution in [0.2, 0.25) is 0 Å². The normalized spacial score (nSPS) is 20.4. The predicted molar refractivity (Wildman–Crippen MR) is 69.0 cm³/mol. The van der Waals surface area contributed by atoms with Gasteiger partial charge >= 0.3 is 5.97 Å². The zero-order valence-electron chi connectivity index (χ0n) is 11.1. The average Bonchev–Trinajstić information content (AvgIpc) is 2.96. The van der Waals surface area contributed by atoms with Crippen LogP contribution in [0.4, 0.5) is 0 Å². The number of carboxylic acids is 1. The lowest BCUT2D eigenvalue weighted by Gasteiger charge is -2.15. The predicted octanol–water partition coefficient (Wildman–Crippen LogP) is 0.679. The number of furan rings is 1. The summed E-state index contributed by atoms with van der Waals surface area (Å²) in [4.78, 5) is 10.7. The van der Waals surface area contributed by atoms with Crippen LogP contribution < -0.4 is 0 Å². The number of aliphatic hydroxyl groups is 1. The fourth-order valence-corrected chi connectivity index (χ4v) is 4.09. The van der Waals surface area contributed by atoms with Crippen molar-refractivity contribution in [3.8, 4) is 0 Å². The first-order valence-corrected chi connectivity index (χ1v) is 7.75. The highest BCUT2D eigenvalue weighted by atomic mass is 32.2. The van der Waals surface area contributed by atoms with Gasteiger partial charge in [0.05, 0.1) is 0 Å². The molecule has 1 aliphatic heterocycles. The Morgan fingerprint density at radius 2 is 2.25 bits per heavy atom. The van der Waals surface area contributed by atoms with E-state index in [2.05, 4.69) is 0 Å². The summed E-state index contributed by atoms with van der Waals surface area (Å²) in [7, 11) is -3.74. The lowest BCUT2D eigenvalue weighted by atomic mass is 10.1. The maximum atomic E-state index is 12.5. The molecule has 112 valence electrons. The molecule has 0 aromatic carbocycles. The summed E-state index contributed by atoms with van der Waals surface area (Å²) in [6.45, 7) is 2.18. The Bertz CT molecular complexity index is 605. The number of carboxylic acid groups (broad SMARTS) is 1. The smallest absolute Gasteiger partial charge is 0.371 e. The molecule has 1 fully saturated rings. The lowest BCUT2D eigenvalue weighted by Crippen LogP contribution is -2.29. The zero-order valence-corrected chi connectivity index (χ0v) is 11.9. The minimum absolute atomic E-state index is 0.0342. The number of nitrogens with zero attached hydrogens (tertiary/aromatic N) is 1. The fraction of sp³-hybridized carbons (Fsp3) is 0.583. The molecule has 1 aromatic rings. The van der Waals surface area contributed by atoms with E-state index in [4.69, 9.17) is 14.6 Å². The van der Waals surface area contributed by atoms with E-state index in [-0.39, 0.29) is 28.9 Å². The van der Waals surface area contributed by atoms with Crippen LogP contribution in [0.15, 0.2) is 15.4 Å². The summed E-state index contributed by atoms with van der Waals surface area (Å²) in [6, 6.07) is 1.05. The Hall–Kier alpha value is -1.38. The third-order valence-corrected chi connectivity index (χ3v) is 5.46. The summed E-state index contributed by atoms with van der Waals surface area (Å²) in [5, 5.41) is 17.7. The molecule has 2 heterocycles. The van der Waals surface area contributed by atoms with Gasteiger partial charge in [0.25, 0.3) is 0 Å². The van der Waals surface area contributed by atoms with Crippen LogP contribution in [-0.4, -0.2) is 48.6 Å². The van der Waals surface area contributed by atoms with Gasteiger partial charge in [0, 0.05) is 25.8 Å². The summed E-state index contributed by atoms with van der Waals surface area (Å²) in [5.41, 5.74) is 0. The molecular formula is C12H17NO6S. The zero-order chi connectivity index (χ0) is 14.9. The molecule has 2 rings (SSSR count). The summed E-state index contributed by atoms with van der Waals surface area (Å²) in [5.74, 6) is -1.46. The van der Waals surface area contributed by atoms with Crippen LogP contribution in [0, 0.1) is 12.8 Å². The quantitative estimate of drug-likeness (QED) is 0.828. The van der Waals surface area contributed by atoms with E-state index in [0.717, 1.165) is 6.07 Å². The van der Waals surface area contributed by atoms with E-state index < -0.39 is 16.0 Å². The highest BCUT2D eigenvalue weighted by Gasteiger charge is 2.35. The maximum absolute atomic E-state index is 12.5. The number of rotatable bonds is 5. The van der Waals surface area contributed by atoms with Crippen LogP contribution in [0.1, 0.15) is 29.2 Å². The van der Waals surface area contributed by atoms with Crippen LogP contribution in [0.3, 0.4) is 0 Å². The SMILES string of the molecule is Cc1oc(C(=O)O)cc1S(=O)(=O)N1CCC(CCO)C1. The molecule has 0 spiro atoms. The van der Waals surface area contributed by atoms with Crippen molar-refractivity contribution in [2.45, 2.75) is 24.7 Å². The third-order valence-electron chi connectivity index (χ3n) is 3.49. The molecule has 20 heavy (non-hydrogen) atoms. The number of sulfonamides is 1. The number of aromatic carboxylic acids is 1. The van der Waals surface area contributed by atoms with Crippen LogP contribution in [0.25, 0.3) is 0 Å². The molecule has 1 unspecified atom stereocenters. The second-order valence-electron chi connectivity index (χ2n) is 4.87. The van der Waals surface area contributed by atoms with Gasteiger partial charge in [-0.2, -0.15) is 4.31 Å². The molecule has 0 bridgehead atoms. The molecule has 8 heteroatoms. The standard InChI is InChI=1S/C12H17NO6S/c1-8-11(6-10(19-8)12(15)16)20(17,18)13-4-2-9(7-13)3-5-14/h6,9,14H,2-5,7H2,1H3,(H,15,16). The second kappa shape index (κ2) is 5.55. The molecule has 0 aliphatic carbocycles. The Balaban J connectivity index is 2.25. The molecule has 1 aliphatic rings. The molecular weight excluding hydrogens is 286 g/mol. The molecule has 1 atom stereocenters. The average molecular weight is 303 g/mol. The van der Waals surface area contributed by atoms with Crippen LogP contribution in [-0.2, 0) is 10.0 Å². The van der Waals surface area contributed by atoms with Gasteiger partial charge < -0.3 is 14.6 Å². The van der Waals surface area contributed by atoms with E-state index in [1.54, 1.807) is 0 Å². The molecule has 1 aromatic heterocycles. The second-order valence-corrected chi connectivity index (χ2v) is 6.77. The van der Waals surface area contributed by atoms with Crippen molar-refractivity contribution in [3.05, 3.63) is 17.6 Å². The molecule has 0 amide bonds. The van der Waals surface area contributed by atoms with Crippen molar-refractivity contribution in [2.75, 3.05) is 19.7 Å². The van der Waals surface area contributed by atoms with Crippen molar-refractivity contribution >= 4 is 16.0 Å². The Morgan fingerprint density at radius 1 is 1.55 bits per heavy atom. The molecule has 2 N–H and O–H groups in total. The number of aryl methyl sites for hydroxylation is 1. The first kappa shape index (κ1) is 15.0. The van der Waals surface area contributed by atoms with Gasteiger partial charge in [0.15, 0.2) is 0 Å². The van der Waals surface area contributed by atoms with Gasteiger partial charge in [0.2, 0.25) is 15.8 Å². The van der Waals surface area contributed by atoms with Gasteiger partial charge in [-0.1, -0.05) is 0 Å². The van der Waals surface area contributed by atoms with Gasteiger partial charge in [0.1, 0.15) is 10.7 Å². The van der Waals surface area contributed by atoms with E-state index in [9.17, 15) is 13.2 Å². The maximum Gasteiger partial charge on any atom is 0.371 e. The Labute approximate surface area is 116 Å². The number of hydrogen-bond acceptors (Lipinski definition) is 5. The highest BCUT2D eigenvalue weighted by Crippen LogP contribution is 2.29. The molecule has 0 saturated carbocycles. The molecule has 1 saturated heterocycles. The summed E-state index contributed by atoms with van der Waals surface area (Å²) < 4.78 is 31.2. The Morgan fingerprint density at radius 3 is 2.80 bits per heavy atom.